The van der Waals surface area contributed by atoms with E-state index in [0.717, 1.165) is 17.0 Å². The summed E-state index contributed by atoms with van der Waals surface area (Å²) < 4.78 is 60.3. The molecule has 3 aromatic carbocycles. The Bertz CT molecular complexity index is 1820. The van der Waals surface area contributed by atoms with Crippen LogP contribution in [0.15, 0.2) is 65.1 Å². The number of hydrogen-bond acceptors (Lipinski definition) is 5. The third kappa shape index (κ3) is 5.99. The normalized spacial score (nSPS) is 14.7. The van der Waals surface area contributed by atoms with Gasteiger partial charge in [0.1, 0.15) is 23.8 Å². The highest BCUT2D eigenvalue weighted by Crippen LogP contribution is 2.42. The molecule has 11 heteroatoms. The molecule has 0 unspecified atom stereocenters. The molecule has 43 heavy (non-hydrogen) atoms. The molecule has 226 valence electrons. The third-order valence-electron chi connectivity index (χ3n) is 7.71. The Kier molecular flexibility index (Phi) is 8.04. The molecule has 1 aliphatic rings. The van der Waals surface area contributed by atoms with Gasteiger partial charge in [-0.05, 0) is 59.9 Å². The second-order valence-electron chi connectivity index (χ2n) is 11.5. The van der Waals surface area contributed by atoms with Crippen LogP contribution >= 0.6 is 0 Å². The lowest BCUT2D eigenvalue weighted by atomic mass is 9.93. The van der Waals surface area contributed by atoms with Gasteiger partial charge in [-0.25, -0.2) is 17.2 Å². The summed E-state index contributed by atoms with van der Waals surface area (Å²) >= 11 is 0. The number of carbonyl (C=O) groups excluding carboxylic acids is 2. The van der Waals surface area contributed by atoms with E-state index in [1.54, 1.807) is 35.2 Å². The van der Waals surface area contributed by atoms with Crippen molar-refractivity contribution in [3.8, 4) is 22.5 Å². The molecular formula is C32H33F2N3O5S. The lowest BCUT2D eigenvalue weighted by Crippen LogP contribution is -2.32. The smallest absolute Gasteiger partial charge is 0.255 e. The van der Waals surface area contributed by atoms with Crippen molar-refractivity contribution < 1.29 is 31.2 Å². The minimum Gasteiger partial charge on any atom is -0.455 e. The summed E-state index contributed by atoms with van der Waals surface area (Å²) in [4.78, 5) is 28.4. The number of rotatable bonds is 8. The Morgan fingerprint density at radius 3 is 2.40 bits per heavy atom. The number of benzene rings is 3. The average Bonchev–Trinajstić information content (AvgIpc) is 3.53. The van der Waals surface area contributed by atoms with Crippen LogP contribution in [0.4, 0.5) is 14.5 Å². The molecular weight excluding hydrogens is 576 g/mol. The number of anilines is 1. The van der Waals surface area contributed by atoms with E-state index < -0.39 is 35.0 Å². The highest BCUT2D eigenvalue weighted by atomic mass is 32.2. The van der Waals surface area contributed by atoms with Gasteiger partial charge in [-0.1, -0.05) is 26.0 Å². The van der Waals surface area contributed by atoms with Crippen molar-refractivity contribution in [2.24, 2.45) is 5.41 Å². The summed E-state index contributed by atoms with van der Waals surface area (Å²) in [6, 6.07) is 15.3. The number of hydrogen-bond donors (Lipinski definition) is 1. The fourth-order valence-corrected chi connectivity index (χ4v) is 6.46. The first-order valence-electron chi connectivity index (χ1n) is 13.8. The Morgan fingerprint density at radius 1 is 1.07 bits per heavy atom. The van der Waals surface area contributed by atoms with E-state index in [1.165, 1.54) is 37.4 Å². The van der Waals surface area contributed by atoms with E-state index in [4.69, 9.17) is 4.42 Å². The number of fused-ring (bicyclic) bond motifs is 1. The Morgan fingerprint density at radius 2 is 1.79 bits per heavy atom. The summed E-state index contributed by atoms with van der Waals surface area (Å²) in [7, 11) is -2.49. The fourth-order valence-electron chi connectivity index (χ4n) is 5.55. The zero-order chi connectivity index (χ0) is 31.1. The summed E-state index contributed by atoms with van der Waals surface area (Å²) in [5, 5.41) is 2.97. The highest BCUT2D eigenvalue weighted by molar-refractivity contribution is 7.92. The maximum atomic E-state index is 13.7. The fraction of sp³-hybridized carbons (Fsp3) is 0.312. The third-order valence-corrected chi connectivity index (χ3v) is 8.89. The van der Waals surface area contributed by atoms with Crippen LogP contribution in [0.5, 0.6) is 0 Å². The zero-order valence-electron chi connectivity index (χ0n) is 24.4. The van der Waals surface area contributed by atoms with Gasteiger partial charge >= 0.3 is 0 Å². The second kappa shape index (κ2) is 11.4. The Balaban J connectivity index is 1.75. The van der Waals surface area contributed by atoms with Gasteiger partial charge in [0.15, 0.2) is 0 Å². The number of nitrogens with one attached hydrogen (secondary N) is 1. The molecule has 2 heterocycles. The van der Waals surface area contributed by atoms with Crippen molar-refractivity contribution in [2.75, 3.05) is 43.9 Å². The van der Waals surface area contributed by atoms with Gasteiger partial charge < -0.3 is 14.6 Å². The molecule has 0 saturated carbocycles. The molecule has 1 aromatic heterocycles. The van der Waals surface area contributed by atoms with Crippen molar-refractivity contribution in [2.45, 2.75) is 20.3 Å². The quantitative estimate of drug-likeness (QED) is 0.269. The molecule has 2 amide bonds. The average molecular weight is 610 g/mol. The van der Waals surface area contributed by atoms with Crippen molar-refractivity contribution in [3.05, 3.63) is 77.6 Å². The summed E-state index contributed by atoms with van der Waals surface area (Å²) in [6.07, 6.45) is 1.86. The van der Waals surface area contributed by atoms with Crippen molar-refractivity contribution in [1.82, 2.24) is 10.2 Å². The first-order chi connectivity index (χ1) is 20.3. The predicted molar refractivity (Wildman–Crippen MR) is 163 cm³/mol. The van der Waals surface area contributed by atoms with Crippen molar-refractivity contribution in [3.63, 3.8) is 0 Å². The molecule has 8 nitrogen and oxygen atoms in total. The monoisotopic (exact) mass is 609 g/mol. The van der Waals surface area contributed by atoms with E-state index in [9.17, 15) is 26.8 Å². The van der Waals surface area contributed by atoms with Gasteiger partial charge in [-0.3, -0.25) is 13.9 Å². The van der Waals surface area contributed by atoms with E-state index in [0.29, 0.717) is 40.7 Å². The first kappa shape index (κ1) is 30.2. The van der Waals surface area contributed by atoms with E-state index in [2.05, 4.69) is 19.2 Å². The Hall–Kier alpha value is -4.25. The first-order valence-corrected chi connectivity index (χ1v) is 15.7. The molecule has 1 fully saturated rings. The largest absolute Gasteiger partial charge is 0.455 e. The van der Waals surface area contributed by atoms with Gasteiger partial charge in [0.25, 0.3) is 11.8 Å². The molecule has 0 aliphatic carbocycles. The van der Waals surface area contributed by atoms with E-state index >= 15 is 0 Å². The molecule has 1 aliphatic heterocycles. The molecule has 0 radical (unpaired) electrons. The molecule has 1 saturated heterocycles. The topological polar surface area (TPSA) is 99.9 Å². The van der Waals surface area contributed by atoms with Gasteiger partial charge in [-0.15, -0.1) is 0 Å². The number of alkyl halides is 1. The number of carbonyl (C=O) groups is 2. The minimum absolute atomic E-state index is 0.00753. The Labute approximate surface area is 249 Å². The zero-order valence-corrected chi connectivity index (χ0v) is 25.2. The number of furan rings is 1. The van der Waals surface area contributed by atoms with Crippen molar-refractivity contribution in [1.29, 1.82) is 0 Å². The van der Waals surface area contributed by atoms with Gasteiger partial charge in [-0.2, -0.15) is 0 Å². The number of likely N-dealkylation sites (tertiary alicyclic amines) is 1. The standard InChI is InChI=1S/C32H33F2N3O5S/c1-32(2)12-14-36(19-32)31(39)22-7-5-6-21(16-22)24-17-25-27(18-26(24)37(15-13-33)43(4,40)41)42-29(28(25)30(38)35-3)20-8-10-23(34)11-9-20/h5-11,16-18H,12-15,19H2,1-4H3,(H,35,38). The van der Waals surface area contributed by atoms with Gasteiger partial charge in [0.2, 0.25) is 10.0 Å². The van der Waals surface area contributed by atoms with E-state index in [1.807, 2.05) is 0 Å². The molecule has 0 atom stereocenters. The van der Waals surface area contributed by atoms with Crippen LogP contribution in [-0.2, 0) is 10.0 Å². The number of sulfonamides is 1. The molecule has 5 rings (SSSR count). The number of nitrogens with zero attached hydrogens (tertiary/aromatic N) is 2. The summed E-state index contributed by atoms with van der Waals surface area (Å²) in [5.41, 5.74) is 2.19. The minimum atomic E-state index is -3.96. The number of halogens is 2. The van der Waals surface area contributed by atoms with Crippen LogP contribution < -0.4 is 9.62 Å². The van der Waals surface area contributed by atoms with E-state index in [-0.39, 0.29) is 33.9 Å². The second-order valence-corrected chi connectivity index (χ2v) is 13.4. The van der Waals surface area contributed by atoms with Gasteiger partial charge in [0.05, 0.1) is 24.1 Å². The number of amides is 2. The summed E-state index contributed by atoms with van der Waals surface area (Å²) in [6.45, 7) is 4.06. The molecule has 0 bridgehead atoms. The van der Waals surface area contributed by atoms with Crippen LogP contribution in [0.3, 0.4) is 0 Å². The predicted octanol–water partition coefficient (Wildman–Crippen LogP) is 5.87. The maximum Gasteiger partial charge on any atom is 0.255 e. The molecule has 4 aromatic rings. The molecule has 0 spiro atoms. The SMILES string of the molecule is CNC(=O)c1c(-c2ccc(F)cc2)oc2cc(N(CCF)S(C)(=O)=O)c(-c3cccc(C(=O)N4CCC(C)(C)C4)c3)cc12. The van der Waals surface area contributed by atoms with Crippen LogP contribution in [0.2, 0.25) is 0 Å². The lowest BCUT2D eigenvalue weighted by molar-refractivity contribution is 0.0778. The van der Waals surface area contributed by atoms with Gasteiger partial charge in [0, 0.05) is 48.3 Å². The maximum absolute atomic E-state index is 13.7. The van der Waals surface area contributed by atoms with Crippen LogP contribution in [0.25, 0.3) is 33.4 Å². The highest BCUT2D eigenvalue weighted by Gasteiger charge is 2.33. The van der Waals surface area contributed by atoms with Crippen LogP contribution in [0, 0.1) is 11.2 Å². The lowest BCUT2D eigenvalue weighted by Gasteiger charge is -2.24. The summed E-state index contributed by atoms with van der Waals surface area (Å²) in [5.74, 6) is -0.921. The molecule has 1 N–H and O–H groups in total. The van der Waals surface area contributed by atoms with Crippen molar-refractivity contribution >= 4 is 38.5 Å². The van der Waals surface area contributed by atoms with Crippen LogP contribution in [-0.4, -0.2) is 64.7 Å². The van der Waals surface area contributed by atoms with Crippen LogP contribution in [0.1, 0.15) is 41.0 Å².